The molecule has 8 heteroatoms. The predicted octanol–water partition coefficient (Wildman–Crippen LogP) is 3.68. The smallest absolute Gasteiger partial charge is 0.239 e. The van der Waals surface area contributed by atoms with Crippen molar-refractivity contribution >= 4 is 17.7 Å². The van der Waals surface area contributed by atoms with Gasteiger partial charge < -0.3 is 21.3 Å². The van der Waals surface area contributed by atoms with Crippen LogP contribution >= 0.6 is 0 Å². The third-order valence-corrected chi connectivity index (χ3v) is 8.06. The van der Waals surface area contributed by atoms with Crippen LogP contribution in [0.1, 0.15) is 90.9 Å². The SMILES string of the molecule is CC(C)(N)C(=O)NCCC1C(Nc2nccc(N3CCCCCC3)n2)CCCN1C1CCCCC1. The molecule has 0 spiro atoms. The second kappa shape index (κ2) is 12.3. The number of nitrogens with one attached hydrogen (secondary N) is 2. The van der Waals surface area contributed by atoms with Gasteiger partial charge in [0, 0.05) is 44.0 Å². The number of aromatic nitrogens is 2. The quantitative estimate of drug-likeness (QED) is 0.516. The first-order valence-corrected chi connectivity index (χ1v) is 14.1. The van der Waals surface area contributed by atoms with Crippen molar-refractivity contribution in [3.63, 3.8) is 0 Å². The maximum Gasteiger partial charge on any atom is 0.239 e. The lowest BCUT2D eigenvalue weighted by Crippen LogP contribution is -2.57. The molecular formula is C27H47N7O. The highest BCUT2D eigenvalue weighted by Crippen LogP contribution is 2.31. The summed E-state index contributed by atoms with van der Waals surface area (Å²) in [5, 5.41) is 6.82. The highest BCUT2D eigenvalue weighted by molar-refractivity contribution is 5.84. The Hall–Kier alpha value is -1.93. The minimum atomic E-state index is -0.852. The van der Waals surface area contributed by atoms with E-state index >= 15 is 0 Å². The predicted molar refractivity (Wildman–Crippen MR) is 143 cm³/mol. The number of rotatable bonds is 8. The maximum absolute atomic E-state index is 12.4. The number of likely N-dealkylation sites (tertiary alicyclic amines) is 1. The molecule has 0 aromatic carbocycles. The van der Waals surface area contributed by atoms with E-state index in [1.54, 1.807) is 13.8 Å². The fourth-order valence-electron chi connectivity index (χ4n) is 6.11. The molecule has 1 saturated carbocycles. The van der Waals surface area contributed by atoms with E-state index in [0.717, 1.165) is 44.2 Å². The monoisotopic (exact) mass is 485 g/mol. The van der Waals surface area contributed by atoms with Crippen molar-refractivity contribution < 1.29 is 4.79 Å². The minimum absolute atomic E-state index is 0.0875. The first-order chi connectivity index (χ1) is 16.9. The first kappa shape index (κ1) is 26.1. The van der Waals surface area contributed by atoms with Crippen LogP contribution in [0.3, 0.4) is 0 Å². The summed E-state index contributed by atoms with van der Waals surface area (Å²) < 4.78 is 0. The van der Waals surface area contributed by atoms with Gasteiger partial charge in [-0.1, -0.05) is 32.1 Å². The van der Waals surface area contributed by atoms with Crippen LogP contribution in [0.4, 0.5) is 11.8 Å². The topological polar surface area (TPSA) is 99.4 Å². The number of carbonyl (C=O) groups excluding carboxylic acids is 1. The summed E-state index contributed by atoms with van der Waals surface area (Å²) in [5.74, 6) is 1.69. The molecule has 0 bridgehead atoms. The van der Waals surface area contributed by atoms with Gasteiger partial charge in [-0.3, -0.25) is 9.69 Å². The van der Waals surface area contributed by atoms with Crippen molar-refractivity contribution in [1.82, 2.24) is 20.2 Å². The van der Waals surface area contributed by atoms with Gasteiger partial charge in [-0.15, -0.1) is 0 Å². The van der Waals surface area contributed by atoms with Crippen LogP contribution in [0.5, 0.6) is 0 Å². The Morgan fingerprint density at radius 1 is 1.03 bits per heavy atom. The Kier molecular flexibility index (Phi) is 9.22. The van der Waals surface area contributed by atoms with E-state index in [-0.39, 0.29) is 11.9 Å². The van der Waals surface area contributed by atoms with Gasteiger partial charge in [0.1, 0.15) is 5.82 Å². The number of carbonyl (C=O) groups is 1. The second-order valence-electron chi connectivity index (χ2n) is 11.4. The Morgan fingerprint density at radius 2 is 1.74 bits per heavy atom. The summed E-state index contributed by atoms with van der Waals surface area (Å²) in [5.41, 5.74) is 5.15. The van der Waals surface area contributed by atoms with Crippen LogP contribution in [0.15, 0.2) is 12.3 Å². The molecule has 2 unspecified atom stereocenters. The highest BCUT2D eigenvalue weighted by atomic mass is 16.2. The molecule has 1 aliphatic carbocycles. The number of piperidine rings is 1. The molecule has 2 atom stereocenters. The van der Waals surface area contributed by atoms with E-state index in [1.165, 1.54) is 64.2 Å². The van der Waals surface area contributed by atoms with Crippen molar-refractivity contribution in [2.45, 2.75) is 115 Å². The highest BCUT2D eigenvalue weighted by Gasteiger charge is 2.36. The van der Waals surface area contributed by atoms with E-state index in [2.05, 4.69) is 25.4 Å². The Labute approximate surface area is 211 Å². The van der Waals surface area contributed by atoms with Crippen LogP contribution < -0.4 is 21.3 Å². The molecule has 4 N–H and O–H groups in total. The van der Waals surface area contributed by atoms with Crippen molar-refractivity contribution in [3.8, 4) is 0 Å². The van der Waals surface area contributed by atoms with Crippen LogP contribution in [0.25, 0.3) is 0 Å². The molecular weight excluding hydrogens is 438 g/mol. The van der Waals surface area contributed by atoms with Gasteiger partial charge in [0.2, 0.25) is 11.9 Å². The zero-order chi connectivity index (χ0) is 24.7. The van der Waals surface area contributed by atoms with Crippen molar-refractivity contribution in [2.24, 2.45) is 5.73 Å². The minimum Gasteiger partial charge on any atom is -0.356 e. The van der Waals surface area contributed by atoms with Crippen molar-refractivity contribution in [1.29, 1.82) is 0 Å². The maximum atomic E-state index is 12.4. The summed E-state index contributed by atoms with van der Waals surface area (Å²) in [4.78, 5) is 27.1. The molecule has 3 fully saturated rings. The molecule has 2 aliphatic heterocycles. The van der Waals surface area contributed by atoms with Crippen LogP contribution in [0, 0.1) is 0 Å². The first-order valence-electron chi connectivity index (χ1n) is 14.1. The van der Waals surface area contributed by atoms with E-state index in [9.17, 15) is 4.79 Å². The summed E-state index contributed by atoms with van der Waals surface area (Å²) in [6.07, 6.45) is 16.7. The van der Waals surface area contributed by atoms with Gasteiger partial charge in [-0.25, -0.2) is 4.98 Å². The Bertz CT molecular complexity index is 797. The zero-order valence-electron chi connectivity index (χ0n) is 22.0. The Morgan fingerprint density at radius 3 is 2.46 bits per heavy atom. The molecule has 35 heavy (non-hydrogen) atoms. The van der Waals surface area contributed by atoms with Crippen molar-refractivity contribution in [3.05, 3.63) is 12.3 Å². The number of hydrogen-bond donors (Lipinski definition) is 3. The summed E-state index contributed by atoms with van der Waals surface area (Å²) in [6, 6.07) is 3.31. The van der Waals surface area contributed by atoms with E-state index in [0.29, 0.717) is 18.6 Å². The lowest BCUT2D eigenvalue weighted by molar-refractivity contribution is -0.125. The summed E-state index contributed by atoms with van der Waals surface area (Å²) >= 11 is 0. The molecule has 196 valence electrons. The van der Waals surface area contributed by atoms with E-state index < -0.39 is 5.54 Å². The number of amides is 1. The van der Waals surface area contributed by atoms with Gasteiger partial charge in [0.15, 0.2) is 0 Å². The second-order valence-corrected chi connectivity index (χ2v) is 11.4. The van der Waals surface area contributed by atoms with Gasteiger partial charge >= 0.3 is 0 Å². The number of nitrogens with two attached hydrogens (primary N) is 1. The van der Waals surface area contributed by atoms with Crippen molar-refractivity contribution in [2.75, 3.05) is 36.4 Å². The van der Waals surface area contributed by atoms with E-state index in [4.69, 9.17) is 10.7 Å². The average molecular weight is 486 g/mol. The summed E-state index contributed by atoms with van der Waals surface area (Å²) in [7, 11) is 0. The number of hydrogen-bond acceptors (Lipinski definition) is 7. The lowest BCUT2D eigenvalue weighted by Gasteiger charge is -2.47. The molecule has 3 heterocycles. The standard InChI is InChI=1S/C27H47N7O/c1-27(2,28)25(35)29-16-14-23-22(13-10-20-34(23)21-11-6-5-7-12-21)31-26-30-17-15-24(32-26)33-18-8-3-4-9-19-33/h15,17,21-23H,3-14,16,18-20,28H2,1-2H3,(H,29,35)(H,30,31,32). The average Bonchev–Trinajstić information content (AvgIpc) is 3.15. The molecule has 1 aromatic heterocycles. The summed E-state index contributed by atoms with van der Waals surface area (Å²) in [6.45, 7) is 7.45. The molecule has 0 radical (unpaired) electrons. The van der Waals surface area contributed by atoms with Gasteiger partial charge in [-0.2, -0.15) is 4.98 Å². The molecule has 2 saturated heterocycles. The number of nitrogens with zero attached hydrogens (tertiary/aromatic N) is 4. The third kappa shape index (κ3) is 7.29. The molecule has 4 rings (SSSR count). The van der Waals surface area contributed by atoms with E-state index in [1.807, 2.05) is 12.3 Å². The lowest BCUT2D eigenvalue weighted by atomic mass is 9.87. The van der Waals surface area contributed by atoms with Gasteiger partial charge in [0.05, 0.1) is 5.54 Å². The van der Waals surface area contributed by atoms with Crippen LogP contribution in [-0.4, -0.2) is 70.6 Å². The Balaban J connectivity index is 1.46. The fraction of sp³-hybridized carbons (Fsp3) is 0.815. The zero-order valence-corrected chi connectivity index (χ0v) is 22.0. The van der Waals surface area contributed by atoms with Gasteiger partial charge in [0.25, 0.3) is 0 Å². The molecule has 8 nitrogen and oxygen atoms in total. The van der Waals surface area contributed by atoms with Gasteiger partial charge in [-0.05, 0) is 71.4 Å². The van der Waals surface area contributed by atoms with Crippen LogP contribution in [0.2, 0.25) is 0 Å². The fourth-order valence-corrected chi connectivity index (χ4v) is 6.11. The normalized spacial score (nSPS) is 25.2. The molecule has 1 aromatic rings. The van der Waals surface area contributed by atoms with Crippen LogP contribution in [-0.2, 0) is 4.79 Å². The molecule has 3 aliphatic rings. The molecule has 1 amide bonds. The largest absolute Gasteiger partial charge is 0.356 e. The third-order valence-electron chi connectivity index (χ3n) is 8.06. The number of anilines is 2.